The van der Waals surface area contributed by atoms with E-state index in [-0.39, 0.29) is 5.54 Å². The summed E-state index contributed by atoms with van der Waals surface area (Å²) in [6, 6.07) is 6.24. The molecule has 14 heavy (non-hydrogen) atoms. The number of benzene rings is 1. The molecular weight excluding hydrogens is 240 g/mol. The molecule has 0 unspecified atom stereocenters. The van der Waals surface area contributed by atoms with Crippen molar-refractivity contribution in [2.24, 2.45) is 5.73 Å². The number of nitrogens with two attached hydrogens (primary N) is 1. The molecule has 0 saturated heterocycles. The molecule has 0 fully saturated rings. The predicted molar refractivity (Wildman–Crippen MR) is 63.2 cm³/mol. The lowest BCUT2D eigenvalue weighted by Gasteiger charge is -2.19. The molecule has 0 spiro atoms. The zero-order chi connectivity index (χ0) is 10.3. The summed E-state index contributed by atoms with van der Waals surface area (Å²) in [5.74, 6) is 0. The van der Waals surface area contributed by atoms with Gasteiger partial charge in [0.2, 0.25) is 0 Å². The van der Waals surface area contributed by atoms with E-state index in [1.807, 2.05) is 20.0 Å². The van der Waals surface area contributed by atoms with Gasteiger partial charge in [-0.25, -0.2) is 0 Å². The van der Waals surface area contributed by atoms with Crippen LogP contribution in [-0.2, 0) is 5.54 Å². The number of aromatic amines is 1. The Morgan fingerprint density at radius 1 is 1.36 bits per heavy atom. The maximum atomic E-state index is 6.04. The van der Waals surface area contributed by atoms with Gasteiger partial charge in [-0.15, -0.1) is 0 Å². The van der Waals surface area contributed by atoms with Crippen molar-refractivity contribution in [1.82, 2.24) is 4.98 Å². The van der Waals surface area contributed by atoms with Gasteiger partial charge in [0.1, 0.15) is 0 Å². The van der Waals surface area contributed by atoms with Crippen LogP contribution in [0.1, 0.15) is 19.4 Å². The van der Waals surface area contributed by atoms with E-state index in [1.165, 1.54) is 5.39 Å². The van der Waals surface area contributed by atoms with Gasteiger partial charge >= 0.3 is 0 Å². The third-order valence-corrected chi connectivity index (χ3v) is 3.03. The lowest BCUT2D eigenvalue weighted by atomic mass is 9.95. The molecule has 1 aromatic heterocycles. The van der Waals surface area contributed by atoms with Gasteiger partial charge in [0.15, 0.2) is 0 Å². The normalized spacial score (nSPS) is 12.3. The predicted octanol–water partition coefficient (Wildman–Crippen LogP) is 3.12. The molecule has 0 aliphatic carbocycles. The van der Waals surface area contributed by atoms with E-state index in [4.69, 9.17) is 5.73 Å². The summed E-state index contributed by atoms with van der Waals surface area (Å²) in [5, 5.41) is 1.18. The number of nitrogens with one attached hydrogen (secondary N) is 1. The van der Waals surface area contributed by atoms with Gasteiger partial charge in [0.05, 0.1) is 0 Å². The first-order valence-corrected chi connectivity index (χ1v) is 5.34. The quantitative estimate of drug-likeness (QED) is 0.805. The highest BCUT2D eigenvalue weighted by Crippen LogP contribution is 2.27. The van der Waals surface area contributed by atoms with Crippen LogP contribution in [0.15, 0.2) is 28.9 Å². The smallest absolute Gasteiger partial charge is 0.0465 e. The van der Waals surface area contributed by atoms with Gasteiger partial charge in [0.25, 0.3) is 0 Å². The minimum Gasteiger partial charge on any atom is -0.360 e. The number of rotatable bonds is 1. The summed E-state index contributed by atoms with van der Waals surface area (Å²) in [7, 11) is 0. The lowest BCUT2D eigenvalue weighted by molar-refractivity contribution is 0.555. The molecule has 0 aliphatic heterocycles. The monoisotopic (exact) mass is 252 g/mol. The van der Waals surface area contributed by atoms with Crippen LogP contribution in [0.25, 0.3) is 10.9 Å². The molecule has 1 heterocycles. The fourth-order valence-electron chi connectivity index (χ4n) is 1.49. The number of H-pyrrole nitrogens is 1. The van der Waals surface area contributed by atoms with E-state index in [9.17, 15) is 0 Å². The molecule has 3 heteroatoms. The summed E-state index contributed by atoms with van der Waals surface area (Å²) in [6.07, 6.45) is 1.94. The van der Waals surface area contributed by atoms with Gasteiger partial charge in [-0.2, -0.15) is 0 Å². The van der Waals surface area contributed by atoms with Crippen molar-refractivity contribution in [1.29, 1.82) is 0 Å². The summed E-state index contributed by atoms with van der Waals surface area (Å²) >= 11 is 3.50. The maximum absolute atomic E-state index is 6.04. The van der Waals surface area contributed by atoms with E-state index in [0.29, 0.717) is 0 Å². The molecule has 2 aromatic rings. The Morgan fingerprint density at radius 3 is 2.71 bits per heavy atom. The second-order valence-corrected chi connectivity index (χ2v) is 4.97. The van der Waals surface area contributed by atoms with Crippen molar-refractivity contribution >= 4 is 26.8 Å². The average molecular weight is 253 g/mol. The number of fused-ring (bicyclic) bond motifs is 1. The van der Waals surface area contributed by atoms with E-state index in [0.717, 1.165) is 15.6 Å². The van der Waals surface area contributed by atoms with E-state index >= 15 is 0 Å². The molecule has 74 valence electrons. The Kier molecular flexibility index (Phi) is 2.16. The number of hydrogen-bond acceptors (Lipinski definition) is 1. The molecule has 0 saturated carbocycles. The highest BCUT2D eigenvalue weighted by atomic mass is 79.9. The van der Waals surface area contributed by atoms with Crippen LogP contribution >= 0.6 is 15.9 Å². The molecule has 0 bridgehead atoms. The number of halogens is 1. The molecule has 0 atom stereocenters. The minimum absolute atomic E-state index is 0.287. The summed E-state index contributed by atoms with van der Waals surface area (Å²) in [4.78, 5) is 3.18. The number of hydrogen-bond donors (Lipinski definition) is 2. The van der Waals surface area contributed by atoms with Gasteiger partial charge in [-0.05, 0) is 47.5 Å². The highest BCUT2D eigenvalue weighted by Gasteiger charge is 2.14. The van der Waals surface area contributed by atoms with E-state index < -0.39 is 0 Å². The first kappa shape index (κ1) is 9.74. The molecule has 0 amide bonds. The van der Waals surface area contributed by atoms with Crippen LogP contribution in [0.2, 0.25) is 0 Å². The first-order chi connectivity index (χ1) is 6.48. The highest BCUT2D eigenvalue weighted by molar-refractivity contribution is 9.10. The molecule has 1 aromatic carbocycles. The van der Waals surface area contributed by atoms with E-state index in [1.54, 1.807) is 0 Å². The van der Waals surface area contributed by atoms with Crippen LogP contribution in [-0.4, -0.2) is 4.98 Å². The molecule has 0 aliphatic rings. The Hall–Kier alpha value is -0.800. The summed E-state index contributed by atoms with van der Waals surface area (Å²) < 4.78 is 1.08. The molecule has 2 nitrogen and oxygen atoms in total. The Bertz CT molecular complexity index is 466. The minimum atomic E-state index is -0.287. The zero-order valence-corrected chi connectivity index (χ0v) is 9.85. The summed E-state index contributed by atoms with van der Waals surface area (Å²) in [6.45, 7) is 4.02. The average Bonchev–Trinajstić information content (AvgIpc) is 2.46. The largest absolute Gasteiger partial charge is 0.360 e. The van der Waals surface area contributed by atoms with Crippen LogP contribution in [0, 0.1) is 0 Å². The van der Waals surface area contributed by atoms with E-state index in [2.05, 4.69) is 39.1 Å². The SMILES string of the molecule is CC(C)(N)c1ccc2[nH]cc(Br)c2c1. The second kappa shape index (κ2) is 3.11. The maximum Gasteiger partial charge on any atom is 0.0465 e. The van der Waals surface area contributed by atoms with Crippen LogP contribution in [0.4, 0.5) is 0 Å². The van der Waals surface area contributed by atoms with Crippen molar-refractivity contribution in [3.05, 3.63) is 34.4 Å². The molecule has 3 N–H and O–H groups in total. The van der Waals surface area contributed by atoms with Gasteiger partial charge in [0, 0.05) is 27.1 Å². The number of aromatic nitrogens is 1. The Morgan fingerprint density at radius 2 is 2.07 bits per heavy atom. The van der Waals surface area contributed by atoms with Crippen LogP contribution < -0.4 is 5.73 Å². The Labute approximate surface area is 91.6 Å². The van der Waals surface area contributed by atoms with Gasteiger partial charge in [-0.1, -0.05) is 6.07 Å². The zero-order valence-electron chi connectivity index (χ0n) is 8.26. The van der Waals surface area contributed by atoms with Crippen molar-refractivity contribution in [3.8, 4) is 0 Å². The van der Waals surface area contributed by atoms with Gasteiger partial charge < -0.3 is 10.7 Å². The fraction of sp³-hybridized carbons (Fsp3) is 0.273. The third-order valence-electron chi connectivity index (χ3n) is 2.38. The van der Waals surface area contributed by atoms with Crippen LogP contribution in [0.5, 0.6) is 0 Å². The van der Waals surface area contributed by atoms with Crippen molar-refractivity contribution in [2.75, 3.05) is 0 Å². The fourth-order valence-corrected chi connectivity index (χ4v) is 1.93. The molecule has 2 rings (SSSR count). The van der Waals surface area contributed by atoms with Crippen molar-refractivity contribution in [2.45, 2.75) is 19.4 Å². The molecular formula is C11H13BrN2. The van der Waals surface area contributed by atoms with Crippen molar-refractivity contribution in [3.63, 3.8) is 0 Å². The van der Waals surface area contributed by atoms with Crippen molar-refractivity contribution < 1.29 is 0 Å². The lowest BCUT2D eigenvalue weighted by Crippen LogP contribution is -2.28. The Balaban J connectivity index is 2.66. The van der Waals surface area contributed by atoms with Crippen LogP contribution in [0.3, 0.4) is 0 Å². The summed E-state index contributed by atoms with van der Waals surface area (Å²) in [5.41, 5.74) is 8.03. The first-order valence-electron chi connectivity index (χ1n) is 4.54. The molecule has 0 radical (unpaired) electrons. The van der Waals surface area contributed by atoms with Gasteiger partial charge in [-0.3, -0.25) is 0 Å². The standard InChI is InChI=1S/C11H13BrN2/c1-11(2,13)7-3-4-10-8(5-7)9(12)6-14-10/h3-6,14H,13H2,1-2H3. The third kappa shape index (κ3) is 1.57. The topological polar surface area (TPSA) is 41.8 Å². The second-order valence-electron chi connectivity index (χ2n) is 4.12.